The van der Waals surface area contributed by atoms with Crippen molar-refractivity contribution in [2.45, 2.75) is 51.3 Å². The molecule has 20 heavy (non-hydrogen) atoms. The summed E-state index contributed by atoms with van der Waals surface area (Å²) in [6.07, 6.45) is 6.58. The molecule has 4 heteroatoms. The lowest BCUT2D eigenvalue weighted by Crippen LogP contribution is -2.37. The topological polar surface area (TPSA) is 48.4 Å². The minimum absolute atomic E-state index is 0.180. The highest BCUT2D eigenvalue weighted by Gasteiger charge is 2.23. The Morgan fingerprint density at radius 1 is 1.30 bits per heavy atom. The molecule has 4 nitrogen and oxygen atoms in total. The molecule has 2 N–H and O–H groups in total. The Labute approximate surface area is 121 Å². The Kier molecular flexibility index (Phi) is 4.22. The SMILES string of the molecule is CC(O)C1CCN(c2ccc(CNC3CC3)cn2)CC1. The van der Waals surface area contributed by atoms with Crippen molar-refractivity contribution < 1.29 is 5.11 Å². The molecular weight excluding hydrogens is 250 g/mol. The molecule has 1 atom stereocenters. The van der Waals surface area contributed by atoms with E-state index in [0.29, 0.717) is 5.92 Å². The Morgan fingerprint density at radius 2 is 2.05 bits per heavy atom. The van der Waals surface area contributed by atoms with E-state index < -0.39 is 0 Å². The van der Waals surface area contributed by atoms with Crippen LogP contribution in [0.25, 0.3) is 0 Å². The fraction of sp³-hybridized carbons (Fsp3) is 0.688. The van der Waals surface area contributed by atoms with Crippen LogP contribution in [0.3, 0.4) is 0 Å². The second-order valence-corrected chi connectivity index (χ2v) is 6.24. The predicted molar refractivity (Wildman–Crippen MR) is 80.7 cm³/mol. The van der Waals surface area contributed by atoms with Crippen molar-refractivity contribution in [2.75, 3.05) is 18.0 Å². The van der Waals surface area contributed by atoms with Crippen LogP contribution in [-0.4, -0.2) is 35.3 Å². The Bertz CT molecular complexity index is 420. The van der Waals surface area contributed by atoms with Crippen molar-refractivity contribution >= 4 is 5.82 Å². The Hall–Kier alpha value is -1.13. The van der Waals surface area contributed by atoms with E-state index in [1.165, 1.54) is 18.4 Å². The molecule has 1 unspecified atom stereocenters. The van der Waals surface area contributed by atoms with Gasteiger partial charge in [0.1, 0.15) is 5.82 Å². The van der Waals surface area contributed by atoms with Crippen LogP contribution >= 0.6 is 0 Å². The number of pyridine rings is 1. The lowest BCUT2D eigenvalue weighted by Gasteiger charge is -2.34. The van der Waals surface area contributed by atoms with Crippen LogP contribution in [0.2, 0.25) is 0 Å². The standard InChI is InChI=1S/C16H25N3O/c1-12(20)14-6-8-19(9-7-14)16-5-2-13(11-18-16)10-17-15-3-4-15/h2,5,11-12,14-15,17,20H,3-4,6-10H2,1H3. The molecule has 1 saturated heterocycles. The van der Waals surface area contributed by atoms with Gasteiger partial charge in [-0.25, -0.2) is 4.98 Å². The first-order chi connectivity index (χ1) is 9.72. The molecule has 1 aliphatic carbocycles. The zero-order valence-corrected chi connectivity index (χ0v) is 12.3. The van der Waals surface area contributed by atoms with E-state index in [2.05, 4.69) is 27.3 Å². The van der Waals surface area contributed by atoms with Crippen molar-refractivity contribution in [1.29, 1.82) is 0 Å². The summed E-state index contributed by atoms with van der Waals surface area (Å²) in [5.41, 5.74) is 1.26. The molecule has 110 valence electrons. The van der Waals surface area contributed by atoms with Gasteiger partial charge < -0.3 is 15.3 Å². The third-order valence-corrected chi connectivity index (χ3v) is 4.53. The third kappa shape index (κ3) is 3.49. The number of piperidine rings is 1. The van der Waals surface area contributed by atoms with Crippen molar-refractivity contribution in [1.82, 2.24) is 10.3 Å². The van der Waals surface area contributed by atoms with Gasteiger partial charge in [-0.3, -0.25) is 0 Å². The molecule has 2 aliphatic rings. The van der Waals surface area contributed by atoms with Gasteiger partial charge in [-0.1, -0.05) is 6.07 Å². The second-order valence-electron chi connectivity index (χ2n) is 6.24. The Morgan fingerprint density at radius 3 is 2.60 bits per heavy atom. The van der Waals surface area contributed by atoms with E-state index in [1.807, 2.05) is 13.1 Å². The van der Waals surface area contributed by atoms with Crippen LogP contribution in [0, 0.1) is 5.92 Å². The van der Waals surface area contributed by atoms with Gasteiger partial charge in [-0.15, -0.1) is 0 Å². The maximum atomic E-state index is 9.64. The van der Waals surface area contributed by atoms with Gasteiger partial charge in [0, 0.05) is 31.9 Å². The largest absolute Gasteiger partial charge is 0.393 e. The summed E-state index contributed by atoms with van der Waals surface area (Å²) in [4.78, 5) is 6.92. The molecule has 1 saturated carbocycles. The first kappa shape index (κ1) is 13.8. The molecule has 0 bridgehead atoms. The summed E-state index contributed by atoms with van der Waals surface area (Å²) in [6.45, 7) is 4.84. The number of aliphatic hydroxyl groups is 1. The fourth-order valence-corrected chi connectivity index (χ4v) is 2.87. The van der Waals surface area contributed by atoms with Crippen molar-refractivity contribution in [3.63, 3.8) is 0 Å². The average molecular weight is 275 g/mol. The van der Waals surface area contributed by atoms with Gasteiger partial charge in [-0.2, -0.15) is 0 Å². The van der Waals surface area contributed by atoms with E-state index in [9.17, 15) is 5.11 Å². The van der Waals surface area contributed by atoms with Crippen LogP contribution < -0.4 is 10.2 Å². The maximum Gasteiger partial charge on any atom is 0.128 e. The minimum Gasteiger partial charge on any atom is -0.393 e. The van der Waals surface area contributed by atoms with Crippen LogP contribution in [0.1, 0.15) is 38.2 Å². The molecule has 2 heterocycles. The van der Waals surface area contributed by atoms with Crippen molar-refractivity contribution in [3.05, 3.63) is 23.9 Å². The Balaban J connectivity index is 1.52. The number of aromatic nitrogens is 1. The average Bonchev–Trinajstić information content (AvgIpc) is 3.30. The molecule has 2 fully saturated rings. The van der Waals surface area contributed by atoms with Crippen LogP contribution in [0.5, 0.6) is 0 Å². The molecule has 1 aliphatic heterocycles. The number of nitrogens with one attached hydrogen (secondary N) is 1. The van der Waals surface area contributed by atoms with E-state index >= 15 is 0 Å². The monoisotopic (exact) mass is 275 g/mol. The lowest BCUT2D eigenvalue weighted by molar-refractivity contribution is 0.110. The highest BCUT2D eigenvalue weighted by Crippen LogP contribution is 2.24. The molecule has 1 aromatic heterocycles. The molecule has 0 aromatic carbocycles. The van der Waals surface area contributed by atoms with Gasteiger partial charge in [0.05, 0.1) is 6.10 Å². The molecule has 0 spiro atoms. The normalized spacial score (nSPS) is 22.0. The zero-order valence-electron chi connectivity index (χ0n) is 12.3. The summed E-state index contributed by atoms with van der Waals surface area (Å²) >= 11 is 0. The molecule has 0 amide bonds. The van der Waals surface area contributed by atoms with E-state index in [4.69, 9.17) is 0 Å². The predicted octanol–water partition coefficient (Wildman–Crippen LogP) is 1.93. The van der Waals surface area contributed by atoms with E-state index in [-0.39, 0.29) is 6.10 Å². The second kappa shape index (κ2) is 6.10. The summed E-state index contributed by atoms with van der Waals surface area (Å²) in [7, 11) is 0. The first-order valence-electron chi connectivity index (χ1n) is 7.83. The maximum absolute atomic E-state index is 9.64. The summed E-state index contributed by atoms with van der Waals surface area (Å²) < 4.78 is 0. The van der Waals surface area contributed by atoms with Gasteiger partial charge in [0.15, 0.2) is 0 Å². The van der Waals surface area contributed by atoms with Crippen LogP contribution in [0.4, 0.5) is 5.82 Å². The van der Waals surface area contributed by atoms with Crippen LogP contribution in [-0.2, 0) is 6.54 Å². The number of aliphatic hydroxyl groups excluding tert-OH is 1. The van der Waals surface area contributed by atoms with Crippen LogP contribution in [0.15, 0.2) is 18.3 Å². The first-order valence-corrected chi connectivity index (χ1v) is 7.83. The third-order valence-electron chi connectivity index (χ3n) is 4.53. The van der Waals surface area contributed by atoms with Gasteiger partial charge in [0.2, 0.25) is 0 Å². The van der Waals surface area contributed by atoms with E-state index in [1.54, 1.807) is 0 Å². The highest BCUT2D eigenvalue weighted by molar-refractivity contribution is 5.39. The molecule has 0 radical (unpaired) electrons. The quantitative estimate of drug-likeness (QED) is 0.862. The molecule has 1 aromatic rings. The highest BCUT2D eigenvalue weighted by atomic mass is 16.3. The zero-order chi connectivity index (χ0) is 13.9. The number of hydrogen-bond acceptors (Lipinski definition) is 4. The molecule has 3 rings (SSSR count). The lowest BCUT2D eigenvalue weighted by atomic mass is 9.92. The summed E-state index contributed by atoms with van der Waals surface area (Å²) in [5, 5.41) is 13.1. The smallest absolute Gasteiger partial charge is 0.128 e. The summed E-state index contributed by atoms with van der Waals surface area (Å²) in [6, 6.07) is 5.06. The molecular formula is C16H25N3O. The number of hydrogen-bond donors (Lipinski definition) is 2. The number of nitrogens with zero attached hydrogens (tertiary/aromatic N) is 2. The van der Waals surface area contributed by atoms with Crippen molar-refractivity contribution in [3.8, 4) is 0 Å². The fourth-order valence-electron chi connectivity index (χ4n) is 2.87. The van der Waals surface area contributed by atoms with Gasteiger partial charge in [-0.05, 0) is 50.2 Å². The van der Waals surface area contributed by atoms with Crippen molar-refractivity contribution in [2.24, 2.45) is 5.92 Å². The van der Waals surface area contributed by atoms with Gasteiger partial charge in [0.25, 0.3) is 0 Å². The number of anilines is 1. The minimum atomic E-state index is -0.180. The number of rotatable bonds is 5. The van der Waals surface area contributed by atoms with Gasteiger partial charge >= 0.3 is 0 Å². The van der Waals surface area contributed by atoms with E-state index in [0.717, 1.165) is 44.3 Å². The summed E-state index contributed by atoms with van der Waals surface area (Å²) in [5.74, 6) is 1.53.